The Labute approximate surface area is 116 Å². The summed E-state index contributed by atoms with van der Waals surface area (Å²) < 4.78 is 1.75. The Morgan fingerprint density at radius 3 is 3.20 bits per heavy atom. The number of aromatic nitrogens is 3. The van der Waals surface area contributed by atoms with E-state index in [1.54, 1.807) is 10.7 Å². The third-order valence-electron chi connectivity index (χ3n) is 3.57. The van der Waals surface area contributed by atoms with Gasteiger partial charge in [-0.1, -0.05) is 0 Å². The van der Waals surface area contributed by atoms with Crippen LogP contribution in [0.1, 0.15) is 12.0 Å². The summed E-state index contributed by atoms with van der Waals surface area (Å²) in [7, 11) is 0. The maximum Gasteiger partial charge on any atom is 0.157 e. The first-order valence-corrected chi connectivity index (χ1v) is 6.83. The summed E-state index contributed by atoms with van der Waals surface area (Å²) in [5.74, 6) is 0.835. The Hall–Kier alpha value is -2.56. The lowest BCUT2D eigenvalue weighted by atomic mass is 10.0. The standard InChI is InChI=1S/C15H15N5/c1-2-11-10-12(3-4-13(11)16-7-1)18-14-6-9-20-15(19-14)5-8-17-20/h3-6,8-10,16H,1-2,7H2,(H,18,19). The number of benzene rings is 1. The van der Waals surface area contributed by atoms with Crippen molar-refractivity contribution in [1.29, 1.82) is 0 Å². The Morgan fingerprint density at radius 2 is 2.20 bits per heavy atom. The van der Waals surface area contributed by atoms with Gasteiger partial charge in [0.15, 0.2) is 5.65 Å². The summed E-state index contributed by atoms with van der Waals surface area (Å²) >= 11 is 0. The van der Waals surface area contributed by atoms with Gasteiger partial charge in [0.2, 0.25) is 0 Å². The van der Waals surface area contributed by atoms with Crippen LogP contribution in [0.5, 0.6) is 0 Å². The van der Waals surface area contributed by atoms with Gasteiger partial charge in [0.05, 0.1) is 6.20 Å². The van der Waals surface area contributed by atoms with Gasteiger partial charge in [0.1, 0.15) is 5.82 Å². The first-order chi connectivity index (χ1) is 9.88. The number of anilines is 3. The molecule has 2 N–H and O–H groups in total. The van der Waals surface area contributed by atoms with Gasteiger partial charge in [-0.3, -0.25) is 0 Å². The van der Waals surface area contributed by atoms with Crippen molar-refractivity contribution in [2.24, 2.45) is 0 Å². The smallest absolute Gasteiger partial charge is 0.157 e. The van der Waals surface area contributed by atoms with Gasteiger partial charge in [-0.15, -0.1) is 0 Å². The quantitative estimate of drug-likeness (QED) is 0.748. The number of hydrogen-bond acceptors (Lipinski definition) is 4. The minimum atomic E-state index is 0.835. The molecule has 1 aliphatic heterocycles. The van der Waals surface area contributed by atoms with Gasteiger partial charge in [-0.05, 0) is 42.7 Å². The zero-order valence-electron chi connectivity index (χ0n) is 11.0. The molecule has 3 heterocycles. The molecule has 1 aliphatic rings. The molecule has 0 aliphatic carbocycles. The van der Waals surface area contributed by atoms with Crippen molar-refractivity contribution in [2.75, 3.05) is 17.2 Å². The van der Waals surface area contributed by atoms with Crippen molar-refractivity contribution in [2.45, 2.75) is 12.8 Å². The van der Waals surface area contributed by atoms with E-state index in [-0.39, 0.29) is 0 Å². The van der Waals surface area contributed by atoms with E-state index in [9.17, 15) is 0 Å². The van der Waals surface area contributed by atoms with E-state index in [1.165, 1.54) is 17.7 Å². The fraction of sp³-hybridized carbons (Fsp3) is 0.200. The molecule has 5 heteroatoms. The fourth-order valence-electron chi connectivity index (χ4n) is 2.58. The molecule has 3 aromatic rings. The second-order valence-electron chi connectivity index (χ2n) is 4.97. The molecule has 0 saturated heterocycles. The molecule has 100 valence electrons. The number of nitrogens with one attached hydrogen (secondary N) is 2. The highest BCUT2D eigenvalue weighted by molar-refractivity contribution is 5.65. The highest BCUT2D eigenvalue weighted by Crippen LogP contribution is 2.26. The van der Waals surface area contributed by atoms with Crippen LogP contribution in [0.3, 0.4) is 0 Å². The van der Waals surface area contributed by atoms with Gasteiger partial charge >= 0.3 is 0 Å². The van der Waals surface area contributed by atoms with Gasteiger partial charge in [-0.25, -0.2) is 9.50 Å². The van der Waals surface area contributed by atoms with E-state index in [0.717, 1.165) is 30.1 Å². The van der Waals surface area contributed by atoms with Gasteiger partial charge in [0.25, 0.3) is 0 Å². The molecule has 5 nitrogen and oxygen atoms in total. The predicted molar refractivity (Wildman–Crippen MR) is 79.5 cm³/mol. The molecule has 0 fully saturated rings. The number of nitrogens with zero attached hydrogens (tertiary/aromatic N) is 3. The summed E-state index contributed by atoms with van der Waals surface area (Å²) in [5, 5.41) is 10.9. The second kappa shape index (κ2) is 4.52. The van der Waals surface area contributed by atoms with Crippen molar-refractivity contribution in [3.8, 4) is 0 Å². The largest absolute Gasteiger partial charge is 0.385 e. The predicted octanol–water partition coefficient (Wildman–Crippen LogP) is 2.83. The van der Waals surface area contributed by atoms with Crippen LogP contribution in [0.25, 0.3) is 5.65 Å². The summed E-state index contributed by atoms with van der Waals surface area (Å²) in [6.07, 6.45) is 5.98. The number of fused-ring (bicyclic) bond motifs is 2. The van der Waals surface area contributed by atoms with E-state index in [4.69, 9.17) is 0 Å². The highest BCUT2D eigenvalue weighted by atomic mass is 15.2. The summed E-state index contributed by atoms with van der Waals surface area (Å²) in [6, 6.07) is 10.2. The van der Waals surface area contributed by atoms with Crippen LogP contribution in [0.15, 0.2) is 42.7 Å². The monoisotopic (exact) mass is 265 g/mol. The molecule has 4 rings (SSSR count). The highest BCUT2D eigenvalue weighted by Gasteiger charge is 2.09. The zero-order chi connectivity index (χ0) is 13.4. The Kier molecular flexibility index (Phi) is 2.55. The molecule has 2 aromatic heterocycles. The van der Waals surface area contributed by atoms with E-state index in [1.807, 2.05) is 18.3 Å². The average molecular weight is 265 g/mol. The maximum absolute atomic E-state index is 4.52. The van der Waals surface area contributed by atoms with E-state index >= 15 is 0 Å². The molecule has 0 spiro atoms. The molecule has 1 aromatic carbocycles. The minimum Gasteiger partial charge on any atom is -0.385 e. The summed E-state index contributed by atoms with van der Waals surface area (Å²) in [6.45, 7) is 1.07. The molecule has 0 unspecified atom stereocenters. The summed E-state index contributed by atoms with van der Waals surface area (Å²) in [4.78, 5) is 4.52. The molecule has 0 atom stereocenters. The molecular formula is C15H15N5. The van der Waals surface area contributed by atoms with Crippen LogP contribution in [-0.4, -0.2) is 21.1 Å². The summed E-state index contributed by atoms with van der Waals surface area (Å²) in [5.41, 5.74) is 4.53. The fourth-order valence-corrected chi connectivity index (χ4v) is 2.58. The lowest BCUT2D eigenvalue weighted by Crippen LogP contribution is -2.11. The lowest BCUT2D eigenvalue weighted by molar-refractivity contribution is 0.830. The topological polar surface area (TPSA) is 54.2 Å². The van der Waals surface area contributed by atoms with Crippen LogP contribution in [0.2, 0.25) is 0 Å². The SMILES string of the molecule is c1cc2nc(Nc3ccc4c(c3)CCCN4)ccn2n1. The van der Waals surface area contributed by atoms with E-state index in [2.05, 4.69) is 38.9 Å². The van der Waals surface area contributed by atoms with Crippen molar-refractivity contribution < 1.29 is 0 Å². The number of hydrogen-bond donors (Lipinski definition) is 2. The zero-order valence-corrected chi connectivity index (χ0v) is 11.0. The van der Waals surface area contributed by atoms with Crippen LogP contribution in [0.4, 0.5) is 17.2 Å². The first kappa shape index (κ1) is 11.3. The Balaban J connectivity index is 1.64. The van der Waals surface area contributed by atoms with Crippen molar-refractivity contribution in [3.05, 3.63) is 48.3 Å². The minimum absolute atomic E-state index is 0.835. The van der Waals surface area contributed by atoms with Crippen LogP contribution < -0.4 is 10.6 Å². The molecule has 0 bridgehead atoms. The Morgan fingerprint density at radius 1 is 1.20 bits per heavy atom. The third-order valence-corrected chi connectivity index (χ3v) is 3.57. The van der Waals surface area contributed by atoms with Crippen molar-refractivity contribution in [3.63, 3.8) is 0 Å². The third kappa shape index (κ3) is 1.97. The molecule has 0 radical (unpaired) electrons. The number of rotatable bonds is 2. The van der Waals surface area contributed by atoms with Gasteiger partial charge in [-0.2, -0.15) is 5.10 Å². The molecule has 0 amide bonds. The van der Waals surface area contributed by atoms with Crippen LogP contribution in [-0.2, 0) is 6.42 Å². The normalized spacial score (nSPS) is 13.8. The van der Waals surface area contributed by atoms with Crippen molar-refractivity contribution >= 4 is 22.8 Å². The average Bonchev–Trinajstić information content (AvgIpc) is 2.95. The molecular weight excluding hydrogens is 250 g/mol. The lowest BCUT2D eigenvalue weighted by Gasteiger charge is -2.19. The molecule has 0 saturated carbocycles. The first-order valence-electron chi connectivity index (χ1n) is 6.83. The van der Waals surface area contributed by atoms with Crippen LogP contribution in [0, 0.1) is 0 Å². The van der Waals surface area contributed by atoms with E-state index in [0.29, 0.717) is 0 Å². The maximum atomic E-state index is 4.52. The number of aryl methyl sites for hydroxylation is 1. The van der Waals surface area contributed by atoms with Crippen LogP contribution >= 0.6 is 0 Å². The van der Waals surface area contributed by atoms with Gasteiger partial charge in [0, 0.05) is 30.2 Å². The van der Waals surface area contributed by atoms with E-state index < -0.39 is 0 Å². The van der Waals surface area contributed by atoms with Crippen molar-refractivity contribution in [1.82, 2.24) is 14.6 Å². The second-order valence-corrected chi connectivity index (χ2v) is 4.97. The van der Waals surface area contributed by atoms with Gasteiger partial charge < -0.3 is 10.6 Å². The molecule has 20 heavy (non-hydrogen) atoms. The Bertz CT molecular complexity index is 762.